The molecule has 0 spiro atoms. The van der Waals surface area contributed by atoms with Crippen molar-refractivity contribution in [2.75, 3.05) is 18.4 Å². The zero-order chi connectivity index (χ0) is 13.4. The minimum Gasteiger partial charge on any atom is -0.333 e. The Labute approximate surface area is 110 Å². The molecule has 3 rings (SSSR count). The first-order valence-electron chi connectivity index (χ1n) is 6.09. The number of para-hydroxylation sites is 2. The first-order chi connectivity index (χ1) is 9.20. The summed E-state index contributed by atoms with van der Waals surface area (Å²) in [7, 11) is 0. The highest BCUT2D eigenvalue weighted by atomic mass is 16.2. The molecular weight excluding hydrogens is 242 g/mol. The molecule has 1 atom stereocenters. The van der Waals surface area contributed by atoms with Crippen molar-refractivity contribution in [1.82, 2.24) is 4.90 Å². The minimum absolute atomic E-state index is 0.177. The molecule has 0 saturated carbocycles. The van der Waals surface area contributed by atoms with E-state index in [1.807, 2.05) is 12.1 Å². The summed E-state index contributed by atoms with van der Waals surface area (Å²) >= 11 is 0. The molecule has 1 saturated heterocycles. The van der Waals surface area contributed by atoms with Crippen LogP contribution in [0, 0.1) is 5.92 Å². The topological polar surface area (TPSA) is 61.8 Å². The Balaban J connectivity index is 2.06. The van der Waals surface area contributed by atoms with Crippen LogP contribution in [0.25, 0.3) is 0 Å². The third-order valence-electron chi connectivity index (χ3n) is 3.31. The fraction of sp³-hybridized carbons (Fsp3) is 0.214. The summed E-state index contributed by atoms with van der Waals surface area (Å²) in [6, 6.07) is 7.22. The largest absolute Gasteiger partial charge is 0.333 e. The number of carbonyl (C=O) groups excluding carboxylic acids is 2. The molecule has 1 aromatic rings. The van der Waals surface area contributed by atoms with E-state index in [9.17, 15) is 9.59 Å². The molecule has 1 unspecified atom stereocenters. The zero-order valence-corrected chi connectivity index (χ0v) is 10.3. The number of hydrogen-bond acceptors (Lipinski definition) is 3. The SMILES string of the molecule is C=CCN1CC2C(=O)Nc3ccccc3N=C2C1=O. The van der Waals surface area contributed by atoms with Crippen molar-refractivity contribution in [3.8, 4) is 0 Å². The van der Waals surface area contributed by atoms with Crippen molar-refractivity contribution >= 4 is 28.9 Å². The molecule has 5 heteroatoms. The number of rotatable bonds is 2. The van der Waals surface area contributed by atoms with E-state index in [1.54, 1.807) is 23.1 Å². The smallest absolute Gasteiger partial charge is 0.269 e. The van der Waals surface area contributed by atoms with Gasteiger partial charge >= 0.3 is 0 Å². The Bertz CT molecular complexity index is 606. The lowest BCUT2D eigenvalue weighted by Crippen LogP contribution is -2.28. The average molecular weight is 255 g/mol. The Hall–Kier alpha value is -2.43. The van der Waals surface area contributed by atoms with Crippen LogP contribution in [0.1, 0.15) is 0 Å². The van der Waals surface area contributed by atoms with Crippen LogP contribution in [-0.4, -0.2) is 35.5 Å². The summed E-state index contributed by atoms with van der Waals surface area (Å²) in [6.45, 7) is 4.41. The van der Waals surface area contributed by atoms with Gasteiger partial charge in [0.2, 0.25) is 5.91 Å². The summed E-state index contributed by atoms with van der Waals surface area (Å²) < 4.78 is 0. The van der Waals surface area contributed by atoms with Gasteiger partial charge in [-0.05, 0) is 12.1 Å². The van der Waals surface area contributed by atoms with Gasteiger partial charge in [0.1, 0.15) is 11.6 Å². The molecule has 2 aliphatic rings. The zero-order valence-electron chi connectivity index (χ0n) is 10.3. The number of fused-ring (bicyclic) bond motifs is 2. The monoisotopic (exact) mass is 255 g/mol. The number of nitrogens with zero attached hydrogens (tertiary/aromatic N) is 2. The minimum atomic E-state index is -0.500. The third-order valence-corrected chi connectivity index (χ3v) is 3.31. The van der Waals surface area contributed by atoms with Gasteiger partial charge in [0.05, 0.1) is 11.4 Å². The molecule has 1 fully saturated rings. The average Bonchev–Trinajstić information content (AvgIpc) is 2.63. The molecule has 0 aromatic heterocycles. The normalized spacial score (nSPS) is 21.2. The van der Waals surface area contributed by atoms with Crippen molar-refractivity contribution < 1.29 is 9.59 Å². The molecule has 19 heavy (non-hydrogen) atoms. The van der Waals surface area contributed by atoms with Crippen molar-refractivity contribution in [2.24, 2.45) is 10.9 Å². The van der Waals surface area contributed by atoms with Gasteiger partial charge in [-0.3, -0.25) is 9.59 Å². The van der Waals surface area contributed by atoms with E-state index in [4.69, 9.17) is 0 Å². The number of anilines is 1. The second-order valence-corrected chi connectivity index (χ2v) is 4.55. The fourth-order valence-corrected chi connectivity index (χ4v) is 2.37. The quantitative estimate of drug-likeness (QED) is 0.811. The van der Waals surface area contributed by atoms with Crippen LogP contribution in [0.2, 0.25) is 0 Å². The van der Waals surface area contributed by atoms with E-state index < -0.39 is 5.92 Å². The number of nitrogens with one attached hydrogen (secondary N) is 1. The lowest BCUT2D eigenvalue weighted by atomic mass is 10.1. The first kappa shape index (κ1) is 11.6. The molecule has 2 aliphatic heterocycles. The summed E-state index contributed by atoms with van der Waals surface area (Å²) in [5.41, 5.74) is 1.60. The number of hydrogen-bond donors (Lipinski definition) is 1. The Kier molecular flexibility index (Phi) is 2.67. The molecule has 2 amide bonds. The molecule has 1 N–H and O–H groups in total. The Morgan fingerprint density at radius 1 is 1.42 bits per heavy atom. The number of carbonyl (C=O) groups is 2. The van der Waals surface area contributed by atoms with Crippen molar-refractivity contribution in [3.05, 3.63) is 36.9 Å². The lowest BCUT2D eigenvalue weighted by molar-refractivity contribution is -0.122. The molecule has 0 radical (unpaired) electrons. The third kappa shape index (κ3) is 1.83. The van der Waals surface area contributed by atoms with Crippen LogP contribution in [0.15, 0.2) is 41.9 Å². The fourth-order valence-electron chi connectivity index (χ4n) is 2.37. The molecular formula is C14H13N3O2. The number of aliphatic imine (C=N–C) groups is 1. The van der Waals surface area contributed by atoms with Crippen molar-refractivity contribution in [2.45, 2.75) is 0 Å². The van der Waals surface area contributed by atoms with E-state index in [0.717, 1.165) is 0 Å². The van der Waals surface area contributed by atoms with Gasteiger partial charge in [-0.2, -0.15) is 0 Å². The molecule has 96 valence electrons. The summed E-state index contributed by atoms with van der Waals surface area (Å²) in [5, 5.41) is 2.82. The maximum absolute atomic E-state index is 12.2. The highest BCUT2D eigenvalue weighted by Crippen LogP contribution is 2.31. The molecule has 1 aromatic carbocycles. The van der Waals surface area contributed by atoms with E-state index in [2.05, 4.69) is 16.9 Å². The highest BCUT2D eigenvalue weighted by Gasteiger charge is 2.42. The maximum atomic E-state index is 12.2. The predicted octanol–water partition coefficient (Wildman–Crippen LogP) is 1.36. The highest BCUT2D eigenvalue weighted by molar-refractivity contribution is 6.46. The van der Waals surface area contributed by atoms with Crippen LogP contribution in [-0.2, 0) is 9.59 Å². The Morgan fingerprint density at radius 3 is 3.00 bits per heavy atom. The van der Waals surface area contributed by atoms with Gasteiger partial charge in [-0.25, -0.2) is 4.99 Å². The van der Waals surface area contributed by atoms with Crippen LogP contribution in [0.5, 0.6) is 0 Å². The molecule has 5 nitrogen and oxygen atoms in total. The van der Waals surface area contributed by atoms with Gasteiger partial charge < -0.3 is 10.2 Å². The summed E-state index contributed by atoms with van der Waals surface area (Å²) in [4.78, 5) is 30.3. The Morgan fingerprint density at radius 2 is 2.21 bits per heavy atom. The van der Waals surface area contributed by atoms with Crippen LogP contribution in [0.3, 0.4) is 0 Å². The molecule has 0 aliphatic carbocycles. The van der Waals surface area contributed by atoms with Crippen molar-refractivity contribution in [3.63, 3.8) is 0 Å². The van der Waals surface area contributed by atoms with E-state index in [-0.39, 0.29) is 11.8 Å². The van der Waals surface area contributed by atoms with E-state index in [0.29, 0.717) is 30.2 Å². The number of likely N-dealkylation sites (tertiary alicyclic amines) is 1. The number of benzene rings is 1. The van der Waals surface area contributed by atoms with Gasteiger partial charge in [0, 0.05) is 13.1 Å². The first-order valence-corrected chi connectivity index (χ1v) is 6.09. The second-order valence-electron chi connectivity index (χ2n) is 4.55. The lowest BCUT2D eigenvalue weighted by Gasteiger charge is -2.13. The van der Waals surface area contributed by atoms with E-state index in [1.165, 1.54) is 0 Å². The van der Waals surface area contributed by atoms with Crippen LogP contribution < -0.4 is 5.32 Å². The summed E-state index contributed by atoms with van der Waals surface area (Å²) in [5.74, 6) is -0.861. The van der Waals surface area contributed by atoms with Gasteiger partial charge in [-0.15, -0.1) is 6.58 Å². The van der Waals surface area contributed by atoms with Gasteiger partial charge in [-0.1, -0.05) is 18.2 Å². The van der Waals surface area contributed by atoms with Gasteiger partial charge in [0.25, 0.3) is 5.91 Å². The summed E-state index contributed by atoms with van der Waals surface area (Å²) in [6.07, 6.45) is 1.65. The van der Waals surface area contributed by atoms with Crippen LogP contribution in [0.4, 0.5) is 11.4 Å². The standard InChI is InChI=1S/C14H13N3O2/c1-2-7-17-8-9-12(14(17)19)15-10-5-3-4-6-11(10)16-13(9)18/h2-6,9H,1,7-8H2,(H,16,18). The van der Waals surface area contributed by atoms with Crippen molar-refractivity contribution in [1.29, 1.82) is 0 Å². The molecule has 2 heterocycles. The van der Waals surface area contributed by atoms with E-state index >= 15 is 0 Å². The number of amides is 2. The molecule has 0 bridgehead atoms. The van der Waals surface area contributed by atoms with Crippen LogP contribution >= 0.6 is 0 Å². The maximum Gasteiger partial charge on any atom is 0.269 e. The second kappa shape index (κ2) is 4.35. The van der Waals surface area contributed by atoms with Gasteiger partial charge in [0.15, 0.2) is 0 Å². The predicted molar refractivity (Wildman–Crippen MR) is 72.4 cm³/mol.